The van der Waals surface area contributed by atoms with E-state index in [1.807, 2.05) is 0 Å². The molecule has 0 amide bonds. The second-order valence-electron chi connectivity index (χ2n) is 4.03. The van der Waals surface area contributed by atoms with Crippen LogP contribution in [0.25, 0.3) is 0 Å². The van der Waals surface area contributed by atoms with Crippen molar-refractivity contribution in [1.29, 1.82) is 0 Å². The lowest BCUT2D eigenvalue weighted by atomic mass is 10.0. The maximum absolute atomic E-state index is 12.2. The van der Waals surface area contributed by atoms with E-state index in [4.69, 9.17) is 23.2 Å². The third kappa shape index (κ3) is 4.12. The molecule has 0 saturated carbocycles. The van der Waals surface area contributed by atoms with E-state index >= 15 is 0 Å². The minimum atomic E-state index is -4.78. The van der Waals surface area contributed by atoms with E-state index in [9.17, 15) is 18.0 Å². The lowest BCUT2D eigenvalue weighted by Gasteiger charge is -2.09. The fourth-order valence-electron chi connectivity index (χ4n) is 1.63. The number of ether oxygens (including phenoxy) is 1. The zero-order valence-corrected chi connectivity index (χ0v) is 11.8. The molecular weight excluding hydrogens is 328 g/mol. The highest BCUT2D eigenvalue weighted by Crippen LogP contribution is 2.26. The van der Waals surface area contributed by atoms with Gasteiger partial charge in [-0.15, -0.1) is 13.2 Å². The number of alkyl halides is 3. The smallest absolute Gasteiger partial charge is 0.406 e. The van der Waals surface area contributed by atoms with Crippen molar-refractivity contribution >= 4 is 29.0 Å². The summed E-state index contributed by atoms with van der Waals surface area (Å²) in [5, 5.41) is 0.541. The van der Waals surface area contributed by atoms with E-state index in [2.05, 4.69) is 4.74 Å². The molecule has 2 aromatic rings. The summed E-state index contributed by atoms with van der Waals surface area (Å²) in [6.07, 6.45) is -4.78. The molecule has 0 saturated heterocycles. The van der Waals surface area contributed by atoms with Crippen LogP contribution in [0.15, 0.2) is 42.5 Å². The van der Waals surface area contributed by atoms with Gasteiger partial charge in [-0.3, -0.25) is 4.79 Å². The fraction of sp³-hybridized carbons (Fsp3) is 0.0714. The van der Waals surface area contributed by atoms with Crippen LogP contribution in [0.1, 0.15) is 15.9 Å². The molecule has 0 aromatic heterocycles. The second kappa shape index (κ2) is 5.95. The molecule has 2 aromatic carbocycles. The molecule has 0 atom stereocenters. The monoisotopic (exact) mass is 334 g/mol. The molecule has 0 bridgehead atoms. The Hall–Kier alpha value is -1.72. The topological polar surface area (TPSA) is 26.3 Å². The summed E-state index contributed by atoms with van der Waals surface area (Å²) in [5.41, 5.74) is 0.349. The first-order valence-electron chi connectivity index (χ1n) is 5.62. The Morgan fingerprint density at radius 2 is 1.62 bits per heavy atom. The van der Waals surface area contributed by atoms with Crippen LogP contribution in [0.4, 0.5) is 13.2 Å². The van der Waals surface area contributed by atoms with Crippen molar-refractivity contribution in [3.63, 3.8) is 0 Å². The Morgan fingerprint density at radius 3 is 2.19 bits per heavy atom. The van der Waals surface area contributed by atoms with Gasteiger partial charge in [0.2, 0.25) is 0 Å². The molecular formula is C14H7Cl2F3O2. The van der Waals surface area contributed by atoms with Crippen molar-refractivity contribution in [3.05, 3.63) is 63.6 Å². The highest BCUT2D eigenvalue weighted by molar-refractivity contribution is 6.36. The maximum Gasteiger partial charge on any atom is 0.573 e. The Bertz CT molecular complexity index is 667. The predicted octanol–water partition coefficient (Wildman–Crippen LogP) is 5.12. The molecule has 0 heterocycles. The van der Waals surface area contributed by atoms with Crippen molar-refractivity contribution in [2.75, 3.05) is 0 Å². The average molecular weight is 335 g/mol. The quantitative estimate of drug-likeness (QED) is 0.728. The summed E-state index contributed by atoms with van der Waals surface area (Å²) in [5.74, 6) is -0.850. The first-order chi connectivity index (χ1) is 9.76. The summed E-state index contributed by atoms with van der Waals surface area (Å²) in [7, 11) is 0. The first kappa shape index (κ1) is 15.7. The van der Waals surface area contributed by atoms with E-state index in [1.54, 1.807) is 0 Å². The molecule has 7 heteroatoms. The van der Waals surface area contributed by atoms with Crippen LogP contribution in [0.5, 0.6) is 5.75 Å². The van der Waals surface area contributed by atoms with Crippen molar-refractivity contribution in [2.45, 2.75) is 6.36 Å². The van der Waals surface area contributed by atoms with Crippen LogP contribution in [-0.4, -0.2) is 12.1 Å². The van der Waals surface area contributed by atoms with Gasteiger partial charge in [0.25, 0.3) is 0 Å². The van der Waals surface area contributed by atoms with Crippen LogP contribution in [0, 0.1) is 0 Å². The third-order valence-electron chi connectivity index (χ3n) is 2.52. The highest BCUT2D eigenvalue weighted by Gasteiger charge is 2.31. The van der Waals surface area contributed by atoms with Crippen LogP contribution >= 0.6 is 23.2 Å². The number of rotatable bonds is 3. The Labute approximate surface area is 128 Å². The van der Waals surface area contributed by atoms with Gasteiger partial charge in [0.15, 0.2) is 5.78 Å². The molecule has 2 nitrogen and oxygen atoms in total. The third-order valence-corrected chi connectivity index (χ3v) is 3.09. The van der Waals surface area contributed by atoms with Gasteiger partial charge in [-0.05, 0) is 42.5 Å². The standard InChI is InChI=1S/C14H7Cl2F3O2/c15-9-3-6-12(16)11(7-9)13(20)8-1-4-10(5-2-8)21-14(17,18)19/h1-7H. The number of halogens is 5. The molecule has 0 aliphatic rings. The first-order valence-corrected chi connectivity index (χ1v) is 6.37. The zero-order chi connectivity index (χ0) is 15.6. The summed E-state index contributed by atoms with van der Waals surface area (Å²) in [6, 6.07) is 8.95. The van der Waals surface area contributed by atoms with Gasteiger partial charge in [0, 0.05) is 16.1 Å². The maximum atomic E-state index is 12.2. The van der Waals surface area contributed by atoms with Gasteiger partial charge < -0.3 is 4.74 Å². The minimum Gasteiger partial charge on any atom is -0.406 e. The van der Waals surface area contributed by atoms with Crippen molar-refractivity contribution in [1.82, 2.24) is 0 Å². The summed E-state index contributed by atoms with van der Waals surface area (Å²) in [4.78, 5) is 12.2. The molecule has 0 unspecified atom stereocenters. The molecule has 0 fully saturated rings. The summed E-state index contributed by atoms with van der Waals surface area (Å²) < 4.78 is 39.9. The number of hydrogen-bond acceptors (Lipinski definition) is 2. The Balaban J connectivity index is 2.26. The molecule has 2 rings (SSSR count). The van der Waals surface area contributed by atoms with Gasteiger partial charge in [-0.25, -0.2) is 0 Å². The van der Waals surface area contributed by atoms with Crippen molar-refractivity contribution < 1.29 is 22.7 Å². The summed E-state index contributed by atoms with van der Waals surface area (Å²) >= 11 is 11.7. The van der Waals surface area contributed by atoms with E-state index in [1.165, 1.54) is 30.3 Å². The Morgan fingerprint density at radius 1 is 1.00 bits per heavy atom. The molecule has 0 spiro atoms. The lowest BCUT2D eigenvalue weighted by molar-refractivity contribution is -0.274. The van der Waals surface area contributed by atoms with Gasteiger partial charge in [0.05, 0.1) is 5.02 Å². The van der Waals surface area contributed by atoms with Gasteiger partial charge in [-0.2, -0.15) is 0 Å². The van der Waals surface area contributed by atoms with Crippen molar-refractivity contribution in [2.24, 2.45) is 0 Å². The lowest BCUT2D eigenvalue weighted by Crippen LogP contribution is -2.17. The normalized spacial score (nSPS) is 11.3. The van der Waals surface area contributed by atoms with E-state index in [0.29, 0.717) is 5.02 Å². The Kier molecular flexibility index (Phi) is 4.44. The molecule has 0 N–H and O–H groups in total. The average Bonchev–Trinajstić information content (AvgIpc) is 2.40. The second-order valence-corrected chi connectivity index (χ2v) is 4.87. The highest BCUT2D eigenvalue weighted by atomic mass is 35.5. The summed E-state index contributed by atoms with van der Waals surface area (Å²) in [6.45, 7) is 0. The van der Waals surface area contributed by atoms with Crippen molar-refractivity contribution in [3.8, 4) is 5.75 Å². The fourth-order valence-corrected chi connectivity index (χ4v) is 2.01. The largest absolute Gasteiger partial charge is 0.573 e. The molecule has 110 valence electrons. The van der Waals surface area contributed by atoms with Gasteiger partial charge >= 0.3 is 6.36 Å². The number of carbonyl (C=O) groups excluding carboxylic acids is 1. The van der Waals surface area contributed by atoms with Gasteiger partial charge in [0.1, 0.15) is 5.75 Å². The molecule has 0 aliphatic carbocycles. The zero-order valence-electron chi connectivity index (χ0n) is 10.2. The van der Waals surface area contributed by atoms with Gasteiger partial charge in [-0.1, -0.05) is 23.2 Å². The predicted molar refractivity (Wildman–Crippen MR) is 73.0 cm³/mol. The number of hydrogen-bond donors (Lipinski definition) is 0. The van der Waals surface area contributed by atoms with E-state index < -0.39 is 17.9 Å². The van der Waals surface area contributed by atoms with Crippen LogP contribution in [0.2, 0.25) is 10.0 Å². The minimum absolute atomic E-state index is 0.175. The number of benzene rings is 2. The molecule has 0 aliphatic heterocycles. The number of carbonyl (C=O) groups is 1. The number of ketones is 1. The van der Waals surface area contributed by atoms with Crippen LogP contribution in [0.3, 0.4) is 0 Å². The SMILES string of the molecule is O=C(c1ccc(OC(F)(F)F)cc1)c1cc(Cl)ccc1Cl. The molecule has 21 heavy (non-hydrogen) atoms. The van der Waals surface area contributed by atoms with Crippen LogP contribution in [-0.2, 0) is 0 Å². The van der Waals surface area contributed by atoms with E-state index in [-0.39, 0.29) is 16.1 Å². The van der Waals surface area contributed by atoms with E-state index in [0.717, 1.165) is 12.1 Å². The molecule has 0 radical (unpaired) electrons. The van der Waals surface area contributed by atoms with Crippen LogP contribution < -0.4 is 4.74 Å².